The first kappa shape index (κ1) is 19.8. The second-order valence-corrected chi connectivity index (χ2v) is 9.24. The molecule has 0 saturated carbocycles. The SMILES string of the molecule is CC(CO)(COS(C)(=O)=O)NCc1cc2c3ccccc3oc2c2ccccc12. The van der Waals surface area contributed by atoms with Gasteiger partial charge in [-0.1, -0.05) is 42.5 Å². The van der Waals surface area contributed by atoms with E-state index >= 15 is 0 Å². The topological polar surface area (TPSA) is 88.8 Å². The van der Waals surface area contributed by atoms with Crippen molar-refractivity contribution in [2.45, 2.75) is 19.0 Å². The lowest BCUT2D eigenvalue weighted by atomic mass is 9.98. The number of aliphatic hydroxyl groups is 1. The van der Waals surface area contributed by atoms with Crippen LogP contribution >= 0.6 is 0 Å². The monoisotopic (exact) mass is 413 g/mol. The van der Waals surface area contributed by atoms with Crippen molar-refractivity contribution < 1.29 is 22.1 Å². The summed E-state index contributed by atoms with van der Waals surface area (Å²) >= 11 is 0. The number of nitrogens with one attached hydrogen (secondary N) is 1. The number of hydrogen-bond acceptors (Lipinski definition) is 6. The molecular formula is C22H23NO5S. The van der Waals surface area contributed by atoms with Crippen molar-refractivity contribution in [3.05, 3.63) is 60.2 Å². The molecule has 0 spiro atoms. The normalized spacial score (nSPS) is 14.6. The van der Waals surface area contributed by atoms with E-state index in [2.05, 4.69) is 11.4 Å². The van der Waals surface area contributed by atoms with E-state index in [9.17, 15) is 13.5 Å². The lowest BCUT2D eigenvalue weighted by Crippen LogP contribution is -2.49. The minimum absolute atomic E-state index is 0.156. The summed E-state index contributed by atoms with van der Waals surface area (Å²) in [4.78, 5) is 0. The summed E-state index contributed by atoms with van der Waals surface area (Å²) in [5, 5.41) is 17.2. The summed E-state index contributed by atoms with van der Waals surface area (Å²) in [5.41, 5.74) is 1.80. The van der Waals surface area contributed by atoms with Crippen molar-refractivity contribution in [2.75, 3.05) is 19.5 Å². The van der Waals surface area contributed by atoms with Crippen LogP contribution in [0.2, 0.25) is 0 Å². The molecule has 0 saturated heterocycles. The first-order chi connectivity index (χ1) is 13.8. The molecule has 0 fully saturated rings. The molecule has 0 aliphatic heterocycles. The molecule has 0 amide bonds. The summed E-state index contributed by atoms with van der Waals surface area (Å²) in [6.07, 6.45) is 0.996. The zero-order valence-electron chi connectivity index (χ0n) is 16.3. The third kappa shape index (κ3) is 4.00. The van der Waals surface area contributed by atoms with Gasteiger partial charge in [-0.3, -0.25) is 4.18 Å². The second-order valence-electron chi connectivity index (χ2n) is 7.59. The number of furan rings is 1. The maximum Gasteiger partial charge on any atom is 0.264 e. The molecule has 0 radical (unpaired) electrons. The zero-order valence-corrected chi connectivity index (χ0v) is 17.1. The summed E-state index contributed by atoms with van der Waals surface area (Å²) < 4.78 is 33.7. The number of aliphatic hydroxyl groups excluding tert-OH is 1. The van der Waals surface area contributed by atoms with Gasteiger partial charge in [-0.05, 0) is 30.0 Å². The first-order valence-corrected chi connectivity index (χ1v) is 11.1. The summed E-state index contributed by atoms with van der Waals surface area (Å²) in [6, 6.07) is 18.0. The molecule has 4 rings (SSSR count). The van der Waals surface area contributed by atoms with Gasteiger partial charge in [0.05, 0.1) is 25.0 Å². The molecule has 0 aliphatic rings. The van der Waals surface area contributed by atoms with Gasteiger partial charge in [0.25, 0.3) is 10.1 Å². The maximum absolute atomic E-state index is 11.3. The Morgan fingerprint density at radius 3 is 2.38 bits per heavy atom. The number of benzene rings is 3. The molecule has 0 aliphatic carbocycles. The Morgan fingerprint density at radius 1 is 1.03 bits per heavy atom. The number of rotatable bonds is 7. The molecule has 6 nitrogen and oxygen atoms in total. The number of hydrogen-bond donors (Lipinski definition) is 2. The van der Waals surface area contributed by atoms with Gasteiger partial charge >= 0.3 is 0 Å². The Kier molecular flexibility index (Phi) is 5.08. The average molecular weight is 413 g/mol. The highest BCUT2D eigenvalue weighted by molar-refractivity contribution is 7.85. The van der Waals surface area contributed by atoms with Crippen LogP contribution in [-0.4, -0.2) is 38.5 Å². The zero-order chi connectivity index (χ0) is 20.6. The quantitative estimate of drug-likeness (QED) is 0.451. The molecule has 1 heterocycles. The summed E-state index contributed by atoms with van der Waals surface area (Å²) in [7, 11) is -3.59. The molecule has 152 valence electrons. The van der Waals surface area contributed by atoms with Crippen LogP contribution < -0.4 is 5.32 Å². The van der Waals surface area contributed by atoms with E-state index in [4.69, 9.17) is 8.60 Å². The molecule has 1 unspecified atom stereocenters. The predicted molar refractivity (Wildman–Crippen MR) is 114 cm³/mol. The van der Waals surface area contributed by atoms with Crippen molar-refractivity contribution in [1.29, 1.82) is 0 Å². The lowest BCUT2D eigenvalue weighted by Gasteiger charge is -2.28. The van der Waals surface area contributed by atoms with Crippen LogP contribution in [0.5, 0.6) is 0 Å². The Balaban J connectivity index is 1.75. The highest BCUT2D eigenvalue weighted by Crippen LogP contribution is 2.35. The number of fused-ring (bicyclic) bond motifs is 5. The van der Waals surface area contributed by atoms with E-state index in [1.54, 1.807) is 6.92 Å². The second kappa shape index (κ2) is 7.42. The van der Waals surface area contributed by atoms with Crippen molar-refractivity contribution in [2.24, 2.45) is 0 Å². The van der Waals surface area contributed by atoms with Gasteiger partial charge in [0.15, 0.2) is 0 Å². The smallest absolute Gasteiger partial charge is 0.264 e. The molecule has 1 atom stereocenters. The van der Waals surface area contributed by atoms with Gasteiger partial charge in [0.2, 0.25) is 0 Å². The fourth-order valence-corrected chi connectivity index (χ4v) is 3.94. The molecular weight excluding hydrogens is 390 g/mol. The third-order valence-electron chi connectivity index (χ3n) is 5.12. The molecule has 2 N–H and O–H groups in total. The van der Waals surface area contributed by atoms with Gasteiger partial charge < -0.3 is 14.8 Å². The minimum Gasteiger partial charge on any atom is -0.455 e. The van der Waals surface area contributed by atoms with E-state index in [0.717, 1.165) is 44.5 Å². The van der Waals surface area contributed by atoms with E-state index < -0.39 is 15.7 Å². The third-order valence-corrected chi connectivity index (χ3v) is 5.66. The van der Waals surface area contributed by atoms with Crippen LogP contribution in [0, 0.1) is 0 Å². The van der Waals surface area contributed by atoms with E-state index in [0.29, 0.717) is 6.54 Å². The van der Waals surface area contributed by atoms with Gasteiger partial charge in [-0.2, -0.15) is 8.42 Å². The van der Waals surface area contributed by atoms with Crippen LogP contribution in [-0.2, 0) is 20.8 Å². The molecule has 7 heteroatoms. The Morgan fingerprint density at radius 2 is 1.69 bits per heavy atom. The Bertz CT molecular complexity index is 1290. The van der Waals surface area contributed by atoms with E-state index in [1.807, 2.05) is 48.5 Å². The molecule has 3 aromatic carbocycles. The standard InChI is InChI=1S/C22H23NO5S/c1-22(13-24,14-27-29(2,25)26)23-12-15-11-19-17-8-5-6-10-20(17)28-21(19)18-9-4-3-7-16(15)18/h3-11,23-24H,12-14H2,1-2H3. The minimum atomic E-state index is -3.59. The average Bonchev–Trinajstić information content (AvgIpc) is 3.09. The van der Waals surface area contributed by atoms with Crippen molar-refractivity contribution in [3.63, 3.8) is 0 Å². The van der Waals surface area contributed by atoms with Crippen LogP contribution in [0.25, 0.3) is 32.7 Å². The van der Waals surface area contributed by atoms with E-state index in [1.165, 1.54) is 0 Å². The van der Waals surface area contributed by atoms with Gasteiger partial charge in [0.1, 0.15) is 11.2 Å². The Labute approximate surface area is 169 Å². The fraction of sp³-hybridized carbons (Fsp3) is 0.273. The van der Waals surface area contributed by atoms with Crippen LogP contribution in [0.1, 0.15) is 12.5 Å². The van der Waals surface area contributed by atoms with E-state index in [-0.39, 0.29) is 13.2 Å². The van der Waals surface area contributed by atoms with Crippen molar-refractivity contribution in [1.82, 2.24) is 5.32 Å². The largest absolute Gasteiger partial charge is 0.455 e. The molecule has 4 aromatic rings. The van der Waals surface area contributed by atoms with Crippen molar-refractivity contribution >= 4 is 42.8 Å². The fourth-order valence-electron chi connectivity index (χ4n) is 3.47. The highest BCUT2D eigenvalue weighted by Gasteiger charge is 2.26. The van der Waals surface area contributed by atoms with Crippen LogP contribution in [0.15, 0.2) is 59.0 Å². The lowest BCUT2D eigenvalue weighted by molar-refractivity contribution is 0.118. The van der Waals surface area contributed by atoms with Gasteiger partial charge in [-0.15, -0.1) is 0 Å². The highest BCUT2D eigenvalue weighted by atomic mass is 32.2. The van der Waals surface area contributed by atoms with Crippen LogP contribution in [0.3, 0.4) is 0 Å². The summed E-state index contributed by atoms with van der Waals surface area (Å²) in [6.45, 7) is 1.74. The number of para-hydroxylation sites is 1. The maximum atomic E-state index is 11.3. The molecule has 1 aromatic heterocycles. The van der Waals surface area contributed by atoms with Crippen molar-refractivity contribution in [3.8, 4) is 0 Å². The predicted octanol–water partition coefficient (Wildman–Crippen LogP) is 3.56. The van der Waals surface area contributed by atoms with Gasteiger partial charge in [-0.25, -0.2) is 0 Å². The van der Waals surface area contributed by atoms with Crippen LogP contribution in [0.4, 0.5) is 0 Å². The molecule has 29 heavy (non-hydrogen) atoms. The molecule has 0 bridgehead atoms. The first-order valence-electron chi connectivity index (χ1n) is 9.32. The Hall–Kier alpha value is -2.45. The summed E-state index contributed by atoms with van der Waals surface area (Å²) in [5.74, 6) is 0. The van der Waals surface area contributed by atoms with Gasteiger partial charge in [0, 0.05) is 22.7 Å².